The molecule has 0 aliphatic heterocycles. The number of urea groups is 1. The van der Waals surface area contributed by atoms with Gasteiger partial charge in [0.15, 0.2) is 0 Å². The number of fused-ring (bicyclic) bond motifs is 1. The van der Waals surface area contributed by atoms with E-state index in [1.165, 1.54) is 23.4 Å². The van der Waals surface area contributed by atoms with Gasteiger partial charge in [0, 0.05) is 24.0 Å². The zero-order valence-corrected chi connectivity index (χ0v) is 11.9. The molecule has 2 amide bonds. The number of pyridine rings is 1. The van der Waals surface area contributed by atoms with Crippen LogP contribution < -0.4 is 10.6 Å². The second-order valence-corrected chi connectivity index (χ2v) is 5.85. The second-order valence-electron chi connectivity index (χ2n) is 4.68. The summed E-state index contributed by atoms with van der Waals surface area (Å²) >= 11 is 1.78. The fourth-order valence-corrected chi connectivity index (χ4v) is 3.39. The number of nitrogens with one attached hydrogen (secondary N) is 2. The average molecular weight is 288 g/mol. The van der Waals surface area contributed by atoms with Gasteiger partial charge in [-0.05, 0) is 31.4 Å². The minimum absolute atomic E-state index is 0.229. The van der Waals surface area contributed by atoms with E-state index in [-0.39, 0.29) is 6.03 Å². The third-order valence-electron chi connectivity index (χ3n) is 3.17. The molecule has 0 atom stereocenters. The number of hydrogen-bond donors (Lipinski definition) is 2. The van der Waals surface area contributed by atoms with Gasteiger partial charge < -0.3 is 5.32 Å². The second kappa shape index (κ2) is 6.00. The van der Waals surface area contributed by atoms with Crippen molar-refractivity contribution < 1.29 is 4.79 Å². The molecule has 2 N–H and O–H groups in total. The summed E-state index contributed by atoms with van der Waals surface area (Å²) in [6.07, 6.45) is 5.94. The highest BCUT2D eigenvalue weighted by molar-refractivity contribution is 7.11. The van der Waals surface area contributed by atoms with Crippen LogP contribution >= 0.6 is 11.3 Å². The lowest BCUT2D eigenvalue weighted by Crippen LogP contribution is -2.30. The van der Waals surface area contributed by atoms with E-state index in [0.29, 0.717) is 12.4 Å². The Labute approximate surface area is 121 Å². The van der Waals surface area contributed by atoms with Gasteiger partial charge in [-0.3, -0.25) is 5.32 Å². The summed E-state index contributed by atoms with van der Waals surface area (Å²) < 4.78 is 0. The molecule has 6 heteroatoms. The van der Waals surface area contributed by atoms with Gasteiger partial charge in [0.2, 0.25) is 0 Å². The minimum atomic E-state index is -0.229. The Bertz CT molecular complexity index is 575. The van der Waals surface area contributed by atoms with Crippen molar-refractivity contribution in [2.45, 2.75) is 25.7 Å². The maximum Gasteiger partial charge on any atom is 0.320 e. The average Bonchev–Trinajstić information content (AvgIpc) is 3.01. The topological polar surface area (TPSA) is 66.9 Å². The monoisotopic (exact) mass is 288 g/mol. The van der Waals surface area contributed by atoms with Gasteiger partial charge in [-0.2, -0.15) is 0 Å². The smallest absolute Gasteiger partial charge is 0.320 e. The number of nitrogens with zero attached hydrogens (tertiary/aromatic N) is 2. The van der Waals surface area contributed by atoms with Crippen molar-refractivity contribution in [2.75, 3.05) is 11.9 Å². The summed E-state index contributed by atoms with van der Waals surface area (Å²) in [6.45, 7) is 0.588. The number of carbonyl (C=O) groups is 1. The highest BCUT2D eigenvalue weighted by Crippen LogP contribution is 2.27. The molecule has 104 valence electrons. The highest BCUT2D eigenvalue weighted by Gasteiger charge is 2.16. The molecule has 5 nitrogen and oxygen atoms in total. The largest absolute Gasteiger partial charge is 0.337 e. The molecular formula is C14H16N4OS. The number of hydrogen-bond acceptors (Lipinski definition) is 4. The van der Waals surface area contributed by atoms with Gasteiger partial charge >= 0.3 is 6.03 Å². The highest BCUT2D eigenvalue weighted by atomic mass is 32.1. The Morgan fingerprint density at radius 1 is 1.35 bits per heavy atom. The third kappa shape index (κ3) is 3.14. The van der Waals surface area contributed by atoms with Gasteiger partial charge in [-0.15, -0.1) is 11.3 Å². The van der Waals surface area contributed by atoms with Crippen molar-refractivity contribution in [2.24, 2.45) is 0 Å². The van der Waals surface area contributed by atoms with Gasteiger partial charge in [-0.25, -0.2) is 14.8 Å². The van der Waals surface area contributed by atoms with Crippen LogP contribution in [0.15, 0.2) is 24.4 Å². The molecule has 2 aromatic heterocycles. The Morgan fingerprint density at radius 2 is 2.30 bits per heavy atom. The zero-order valence-electron chi connectivity index (χ0n) is 11.1. The van der Waals surface area contributed by atoms with E-state index in [9.17, 15) is 4.79 Å². The van der Waals surface area contributed by atoms with E-state index in [2.05, 4.69) is 20.6 Å². The molecule has 0 saturated carbocycles. The molecule has 0 bridgehead atoms. The van der Waals surface area contributed by atoms with Crippen LogP contribution in [0.3, 0.4) is 0 Å². The fraction of sp³-hybridized carbons (Fsp3) is 0.357. The van der Waals surface area contributed by atoms with Gasteiger partial charge in [0.25, 0.3) is 0 Å². The minimum Gasteiger partial charge on any atom is -0.337 e. The Kier molecular flexibility index (Phi) is 3.92. The van der Waals surface area contributed by atoms with Gasteiger partial charge in [0.1, 0.15) is 5.82 Å². The standard InChI is InChI=1S/C14H16N4OS/c19-14(18-12-6-1-2-8-15-12)16-9-7-13-17-10-4-3-5-11(10)20-13/h1-2,6,8H,3-5,7,9H2,(H2,15,16,18,19). The van der Waals surface area contributed by atoms with Crippen molar-refractivity contribution in [1.29, 1.82) is 0 Å². The van der Waals surface area contributed by atoms with Crippen molar-refractivity contribution >= 4 is 23.2 Å². The number of amides is 2. The SMILES string of the molecule is O=C(NCCc1nc2c(s1)CCC2)Nc1ccccn1. The van der Waals surface area contributed by atoms with E-state index < -0.39 is 0 Å². The fourth-order valence-electron chi connectivity index (χ4n) is 2.23. The molecule has 3 rings (SSSR count). The predicted octanol–water partition coefficient (Wildman–Crippen LogP) is 2.39. The van der Waals surface area contributed by atoms with E-state index in [0.717, 1.165) is 17.8 Å². The van der Waals surface area contributed by atoms with Crippen molar-refractivity contribution in [1.82, 2.24) is 15.3 Å². The Hall–Kier alpha value is -1.95. The van der Waals surface area contributed by atoms with Crippen molar-refractivity contribution in [3.8, 4) is 0 Å². The number of thiazole rings is 1. The Morgan fingerprint density at radius 3 is 3.10 bits per heavy atom. The van der Waals surface area contributed by atoms with E-state index in [1.807, 2.05) is 12.1 Å². The molecule has 20 heavy (non-hydrogen) atoms. The molecular weight excluding hydrogens is 272 g/mol. The molecule has 1 aliphatic carbocycles. The van der Waals surface area contributed by atoms with E-state index >= 15 is 0 Å². The summed E-state index contributed by atoms with van der Waals surface area (Å²) in [6, 6.07) is 5.17. The first-order valence-corrected chi connectivity index (χ1v) is 7.56. The maximum atomic E-state index is 11.7. The van der Waals surface area contributed by atoms with Crippen molar-refractivity contribution in [3.05, 3.63) is 40.0 Å². The van der Waals surface area contributed by atoms with Crippen LogP contribution in [0, 0.1) is 0 Å². The molecule has 1 aliphatic rings. The summed E-state index contributed by atoms with van der Waals surface area (Å²) in [5, 5.41) is 6.63. The summed E-state index contributed by atoms with van der Waals surface area (Å²) in [7, 11) is 0. The first kappa shape index (κ1) is 13.1. The van der Waals surface area contributed by atoms with Crippen LogP contribution in [0.25, 0.3) is 0 Å². The molecule has 0 unspecified atom stereocenters. The number of aryl methyl sites for hydroxylation is 2. The van der Waals surface area contributed by atoms with Crippen LogP contribution in [0.1, 0.15) is 22.0 Å². The summed E-state index contributed by atoms with van der Waals surface area (Å²) in [4.78, 5) is 21.7. The number of anilines is 1. The van der Waals surface area contributed by atoms with Gasteiger partial charge in [0.05, 0.1) is 10.7 Å². The Balaban J connectivity index is 1.44. The lowest BCUT2D eigenvalue weighted by molar-refractivity contribution is 0.252. The van der Waals surface area contributed by atoms with Crippen molar-refractivity contribution in [3.63, 3.8) is 0 Å². The first-order chi connectivity index (χ1) is 9.81. The quantitative estimate of drug-likeness (QED) is 0.907. The number of carbonyl (C=O) groups excluding carboxylic acids is 1. The summed E-state index contributed by atoms with van der Waals surface area (Å²) in [5.74, 6) is 0.554. The van der Waals surface area contributed by atoms with Crippen LogP contribution in [0.5, 0.6) is 0 Å². The predicted molar refractivity (Wildman–Crippen MR) is 79.1 cm³/mol. The lowest BCUT2D eigenvalue weighted by Gasteiger charge is -2.05. The zero-order chi connectivity index (χ0) is 13.8. The van der Waals surface area contributed by atoms with Gasteiger partial charge in [-0.1, -0.05) is 6.07 Å². The molecule has 0 saturated heterocycles. The molecule has 0 aromatic carbocycles. The first-order valence-electron chi connectivity index (χ1n) is 6.74. The van der Waals surface area contributed by atoms with Crippen LogP contribution in [0.4, 0.5) is 10.6 Å². The summed E-state index contributed by atoms with van der Waals surface area (Å²) in [5.41, 5.74) is 1.27. The maximum absolute atomic E-state index is 11.7. The third-order valence-corrected chi connectivity index (χ3v) is 4.39. The van der Waals surface area contributed by atoms with Crippen LogP contribution in [-0.4, -0.2) is 22.5 Å². The molecule has 2 heterocycles. The van der Waals surface area contributed by atoms with E-state index in [1.54, 1.807) is 23.6 Å². The number of rotatable bonds is 4. The molecule has 0 fully saturated rings. The molecule has 0 spiro atoms. The van der Waals surface area contributed by atoms with Crippen LogP contribution in [-0.2, 0) is 19.3 Å². The normalized spacial score (nSPS) is 13.0. The lowest BCUT2D eigenvalue weighted by atomic mass is 10.3. The van der Waals surface area contributed by atoms with Crippen LogP contribution in [0.2, 0.25) is 0 Å². The molecule has 2 aromatic rings. The van der Waals surface area contributed by atoms with E-state index in [4.69, 9.17) is 0 Å². The number of aromatic nitrogens is 2. The molecule has 0 radical (unpaired) electrons.